The van der Waals surface area contributed by atoms with Crippen LogP contribution in [0, 0.1) is 19.8 Å². The molecule has 1 aliphatic rings. The topological polar surface area (TPSA) is 33.2 Å². The monoisotopic (exact) mass is 396 g/mol. The molecule has 1 aliphatic carbocycles. The molecule has 3 nitrogen and oxygen atoms in total. The molecular weight excluding hydrogens is 373 g/mol. The zero-order chi connectivity index (χ0) is 19.6. The number of carbonyl (C=O) groups excluding carboxylic acids is 1. The van der Waals surface area contributed by atoms with Crippen LogP contribution < -0.4 is 0 Å². The van der Waals surface area contributed by atoms with Gasteiger partial charge in [-0.3, -0.25) is 4.79 Å². The molecule has 0 unspecified atom stereocenters. The first-order valence-electron chi connectivity index (χ1n) is 9.09. The number of halogens is 3. The van der Waals surface area contributed by atoms with Gasteiger partial charge >= 0.3 is 6.18 Å². The fourth-order valence-electron chi connectivity index (χ4n) is 3.23. The van der Waals surface area contributed by atoms with Gasteiger partial charge in [-0.05, 0) is 32.6 Å². The van der Waals surface area contributed by atoms with Gasteiger partial charge in [0.05, 0.1) is 17.1 Å². The normalized spacial score (nSPS) is 14.9. The molecule has 0 atom stereocenters. The van der Waals surface area contributed by atoms with E-state index in [-0.39, 0.29) is 18.9 Å². The molecule has 2 aromatic rings. The highest BCUT2D eigenvalue weighted by Gasteiger charge is 2.35. The maximum atomic E-state index is 13.0. The molecule has 0 N–H and O–H groups in total. The lowest BCUT2D eigenvalue weighted by Gasteiger charge is -2.33. The second-order valence-electron chi connectivity index (χ2n) is 7.23. The number of alkyl halides is 3. The van der Waals surface area contributed by atoms with E-state index in [1.807, 2.05) is 38.1 Å². The average Bonchev–Trinajstić information content (AvgIpc) is 2.89. The Bertz CT molecular complexity index is 795. The lowest BCUT2D eigenvalue weighted by Crippen LogP contribution is -2.43. The molecule has 1 aromatic heterocycles. The van der Waals surface area contributed by atoms with Crippen LogP contribution in [0.15, 0.2) is 24.3 Å². The molecule has 1 aromatic carbocycles. The van der Waals surface area contributed by atoms with Gasteiger partial charge in [0, 0.05) is 17.0 Å². The Labute approximate surface area is 161 Å². The summed E-state index contributed by atoms with van der Waals surface area (Å²) in [5, 5.41) is 0.801. The van der Waals surface area contributed by atoms with E-state index in [9.17, 15) is 18.0 Å². The van der Waals surface area contributed by atoms with Crippen LogP contribution in [-0.2, 0) is 11.2 Å². The number of nitrogens with zero attached hydrogens (tertiary/aromatic N) is 2. The Hall–Kier alpha value is -1.89. The molecular formula is C20H23F3N2OS. The van der Waals surface area contributed by atoms with Gasteiger partial charge < -0.3 is 4.90 Å². The number of aryl methyl sites for hydroxylation is 2. The highest BCUT2D eigenvalue weighted by Crippen LogP contribution is 2.31. The summed E-state index contributed by atoms with van der Waals surface area (Å²) in [6.45, 7) is 2.84. The summed E-state index contributed by atoms with van der Waals surface area (Å²) >= 11 is 1.38. The quantitative estimate of drug-likeness (QED) is 0.676. The van der Waals surface area contributed by atoms with Gasteiger partial charge in [0.1, 0.15) is 6.54 Å². The van der Waals surface area contributed by atoms with Crippen molar-refractivity contribution in [3.63, 3.8) is 0 Å². The van der Waals surface area contributed by atoms with Crippen LogP contribution in [0.25, 0.3) is 11.3 Å². The van der Waals surface area contributed by atoms with Crippen LogP contribution in [0.3, 0.4) is 0 Å². The van der Waals surface area contributed by atoms with Gasteiger partial charge in [0.15, 0.2) is 0 Å². The lowest BCUT2D eigenvalue weighted by molar-refractivity contribution is -0.162. The van der Waals surface area contributed by atoms with Crippen molar-refractivity contribution in [2.45, 2.75) is 45.7 Å². The summed E-state index contributed by atoms with van der Waals surface area (Å²) in [4.78, 5) is 18.9. The predicted molar refractivity (Wildman–Crippen MR) is 101 cm³/mol. The largest absolute Gasteiger partial charge is 0.406 e. The maximum Gasteiger partial charge on any atom is 0.406 e. The second-order valence-corrected chi connectivity index (χ2v) is 8.52. The fraction of sp³-hybridized carbons (Fsp3) is 0.500. The summed E-state index contributed by atoms with van der Waals surface area (Å²) in [5.74, 6) is -0.285. The first kappa shape index (κ1) is 19.9. The smallest absolute Gasteiger partial charge is 0.333 e. The zero-order valence-corrected chi connectivity index (χ0v) is 16.3. The van der Waals surface area contributed by atoms with E-state index < -0.39 is 18.6 Å². The third kappa shape index (κ3) is 5.31. The van der Waals surface area contributed by atoms with Crippen molar-refractivity contribution in [3.8, 4) is 11.3 Å². The number of hydrogen-bond donors (Lipinski definition) is 0. The number of amides is 1. The third-order valence-corrected chi connectivity index (χ3v) is 5.84. The number of aromatic nitrogens is 1. The second kappa shape index (κ2) is 8.00. The molecule has 3 rings (SSSR count). The van der Waals surface area contributed by atoms with Crippen molar-refractivity contribution in [3.05, 3.63) is 39.7 Å². The number of carbonyl (C=O) groups is 1. The third-order valence-electron chi connectivity index (χ3n) is 4.87. The van der Waals surface area contributed by atoms with Crippen molar-refractivity contribution in [1.82, 2.24) is 9.88 Å². The van der Waals surface area contributed by atoms with E-state index in [0.717, 1.165) is 45.2 Å². The van der Waals surface area contributed by atoms with Crippen molar-refractivity contribution in [1.29, 1.82) is 0 Å². The molecule has 0 radical (unpaired) electrons. The summed E-state index contributed by atoms with van der Waals surface area (Å²) in [6, 6.07) is 7.78. The van der Waals surface area contributed by atoms with Gasteiger partial charge in [0.2, 0.25) is 5.91 Å². The van der Waals surface area contributed by atoms with E-state index in [0.29, 0.717) is 5.69 Å². The minimum Gasteiger partial charge on any atom is -0.333 e. The Kier molecular flexibility index (Phi) is 5.89. The molecule has 1 saturated carbocycles. The van der Waals surface area contributed by atoms with Crippen LogP contribution in [0.2, 0.25) is 0 Å². The highest BCUT2D eigenvalue weighted by molar-refractivity contribution is 7.12. The standard InChI is InChI=1S/C20H23F3N2OS/c1-13-6-8-16(9-7-13)19-17(27-14(2)24-19)10-18(26)25(12-20(21,22)23)11-15-4-3-5-15/h6-9,15H,3-5,10-12H2,1-2H3. The van der Waals surface area contributed by atoms with Gasteiger partial charge in [-0.15, -0.1) is 11.3 Å². The zero-order valence-electron chi connectivity index (χ0n) is 15.5. The van der Waals surface area contributed by atoms with Crippen LogP contribution in [0.5, 0.6) is 0 Å². The minimum absolute atomic E-state index is 0.0441. The van der Waals surface area contributed by atoms with Gasteiger partial charge in [-0.25, -0.2) is 4.98 Å². The Morgan fingerprint density at radius 2 is 1.89 bits per heavy atom. The van der Waals surface area contributed by atoms with Crippen molar-refractivity contribution in [2.75, 3.05) is 13.1 Å². The Balaban J connectivity index is 1.79. The number of rotatable bonds is 6. The molecule has 27 heavy (non-hydrogen) atoms. The van der Waals surface area contributed by atoms with E-state index >= 15 is 0 Å². The Morgan fingerprint density at radius 1 is 1.22 bits per heavy atom. The van der Waals surface area contributed by atoms with E-state index in [4.69, 9.17) is 0 Å². The summed E-state index contributed by atoms with van der Waals surface area (Å²) in [5.41, 5.74) is 2.69. The van der Waals surface area contributed by atoms with Crippen molar-refractivity contribution >= 4 is 17.2 Å². The van der Waals surface area contributed by atoms with Crippen molar-refractivity contribution in [2.24, 2.45) is 5.92 Å². The SMILES string of the molecule is Cc1ccc(-c2nc(C)sc2CC(=O)N(CC2CCC2)CC(F)(F)F)cc1. The molecule has 0 spiro atoms. The minimum atomic E-state index is -4.39. The fourth-order valence-corrected chi connectivity index (χ4v) is 4.18. The molecule has 1 heterocycles. The van der Waals surface area contributed by atoms with Crippen LogP contribution in [0.4, 0.5) is 13.2 Å². The lowest BCUT2D eigenvalue weighted by atomic mass is 9.85. The number of hydrogen-bond acceptors (Lipinski definition) is 3. The molecule has 146 valence electrons. The van der Waals surface area contributed by atoms with E-state index in [1.54, 1.807) is 0 Å². The summed E-state index contributed by atoms with van der Waals surface area (Å²) < 4.78 is 38.9. The first-order valence-corrected chi connectivity index (χ1v) is 9.91. The van der Waals surface area contributed by atoms with Crippen molar-refractivity contribution < 1.29 is 18.0 Å². The molecule has 1 amide bonds. The maximum absolute atomic E-state index is 13.0. The first-order chi connectivity index (χ1) is 12.7. The van der Waals surface area contributed by atoms with Crippen LogP contribution >= 0.6 is 11.3 Å². The summed E-state index contributed by atoms with van der Waals surface area (Å²) in [7, 11) is 0. The van der Waals surface area contributed by atoms with E-state index in [2.05, 4.69) is 4.98 Å². The number of thiazole rings is 1. The van der Waals surface area contributed by atoms with Crippen LogP contribution in [-0.4, -0.2) is 35.1 Å². The average molecular weight is 396 g/mol. The van der Waals surface area contributed by atoms with Gasteiger partial charge in [0.25, 0.3) is 0 Å². The molecule has 1 fully saturated rings. The molecule has 0 saturated heterocycles. The molecule has 0 bridgehead atoms. The highest BCUT2D eigenvalue weighted by atomic mass is 32.1. The van der Waals surface area contributed by atoms with E-state index in [1.165, 1.54) is 11.3 Å². The van der Waals surface area contributed by atoms with Gasteiger partial charge in [-0.2, -0.15) is 13.2 Å². The molecule has 0 aliphatic heterocycles. The van der Waals surface area contributed by atoms with Crippen LogP contribution in [0.1, 0.15) is 34.7 Å². The van der Waals surface area contributed by atoms with Gasteiger partial charge in [-0.1, -0.05) is 36.2 Å². The predicted octanol–water partition coefficient (Wildman–Crippen LogP) is 5.16. The summed E-state index contributed by atoms with van der Waals surface area (Å²) in [6.07, 6.45) is -1.60. The molecule has 7 heteroatoms. The Morgan fingerprint density at radius 3 is 2.44 bits per heavy atom. The number of benzene rings is 1.